The Morgan fingerprint density at radius 3 is 3.12 bits per heavy atom. The van der Waals surface area contributed by atoms with E-state index in [1.54, 1.807) is 11.3 Å². The average molecular weight is 244 g/mol. The van der Waals surface area contributed by atoms with Gasteiger partial charge in [-0.05, 0) is 35.1 Å². The number of rotatable bonds is 3. The molecule has 2 nitrogen and oxygen atoms in total. The fourth-order valence-electron chi connectivity index (χ4n) is 2.30. The molecule has 1 aliphatic heterocycles. The number of thiophene rings is 1. The summed E-state index contributed by atoms with van der Waals surface area (Å²) in [5.74, 6) is 0. The SMILES string of the molecule is CN1CCc2cc(CNc3ccsc3)ccc21. The van der Waals surface area contributed by atoms with Crippen LogP contribution in [-0.4, -0.2) is 13.6 Å². The average Bonchev–Trinajstić information content (AvgIpc) is 2.97. The Balaban J connectivity index is 1.72. The number of benzene rings is 1. The first-order valence-electron chi connectivity index (χ1n) is 5.92. The molecule has 0 bridgehead atoms. The van der Waals surface area contributed by atoms with Gasteiger partial charge in [0.15, 0.2) is 0 Å². The highest BCUT2D eigenvalue weighted by molar-refractivity contribution is 7.08. The molecule has 2 heterocycles. The maximum Gasteiger partial charge on any atom is 0.0451 e. The molecule has 0 aliphatic carbocycles. The first-order valence-corrected chi connectivity index (χ1v) is 6.86. The summed E-state index contributed by atoms with van der Waals surface area (Å²) in [6.45, 7) is 2.06. The first kappa shape index (κ1) is 10.7. The standard InChI is InChI=1S/C14H16N2S/c1-16-6-4-12-8-11(2-3-14(12)16)9-15-13-5-7-17-10-13/h2-3,5,7-8,10,15H,4,6,9H2,1H3. The van der Waals surface area contributed by atoms with E-state index < -0.39 is 0 Å². The van der Waals surface area contributed by atoms with Crippen LogP contribution in [0.3, 0.4) is 0 Å². The monoisotopic (exact) mass is 244 g/mol. The van der Waals surface area contributed by atoms with Crippen molar-refractivity contribution in [2.75, 3.05) is 23.8 Å². The maximum absolute atomic E-state index is 3.44. The number of likely N-dealkylation sites (N-methyl/N-ethyl adjacent to an activating group) is 1. The third-order valence-corrected chi connectivity index (χ3v) is 3.97. The Kier molecular flexibility index (Phi) is 2.77. The van der Waals surface area contributed by atoms with Crippen molar-refractivity contribution < 1.29 is 0 Å². The van der Waals surface area contributed by atoms with Crippen molar-refractivity contribution in [2.45, 2.75) is 13.0 Å². The number of nitrogens with zero attached hydrogens (tertiary/aromatic N) is 1. The summed E-state index contributed by atoms with van der Waals surface area (Å²) in [6.07, 6.45) is 1.18. The van der Waals surface area contributed by atoms with Crippen LogP contribution in [0, 0.1) is 0 Å². The molecule has 17 heavy (non-hydrogen) atoms. The summed E-state index contributed by atoms with van der Waals surface area (Å²) in [6, 6.07) is 8.91. The third-order valence-electron chi connectivity index (χ3n) is 3.29. The van der Waals surface area contributed by atoms with Crippen LogP contribution in [0.4, 0.5) is 11.4 Å². The quantitative estimate of drug-likeness (QED) is 0.890. The summed E-state index contributed by atoms with van der Waals surface area (Å²) < 4.78 is 0. The van der Waals surface area contributed by atoms with E-state index in [0.717, 1.165) is 13.1 Å². The summed E-state index contributed by atoms with van der Waals surface area (Å²) in [7, 11) is 2.16. The predicted octanol–water partition coefficient (Wildman–Crippen LogP) is 3.35. The molecule has 0 atom stereocenters. The highest BCUT2D eigenvalue weighted by Crippen LogP contribution is 2.27. The Morgan fingerprint density at radius 2 is 2.29 bits per heavy atom. The normalized spacial score (nSPS) is 13.8. The zero-order valence-corrected chi connectivity index (χ0v) is 10.8. The summed E-state index contributed by atoms with van der Waals surface area (Å²) in [5, 5.41) is 7.68. The first-order chi connectivity index (χ1) is 8.33. The van der Waals surface area contributed by atoms with E-state index in [9.17, 15) is 0 Å². The van der Waals surface area contributed by atoms with E-state index in [4.69, 9.17) is 0 Å². The highest BCUT2D eigenvalue weighted by Gasteiger charge is 2.15. The lowest BCUT2D eigenvalue weighted by Crippen LogP contribution is -2.12. The van der Waals surface area contributed by atoms with Crippen LogP contribution in [0.15, 0.2) is 35.0 Å². The molecule has 0 radical (unpaired) electrons. The van der Waals surface area contributed by atoms with E-state index in [0.29, 0.717) is 0 Å². The Hall–Kier alpha value is -1.48. The third kappa shape index (κ3) is 2.15. The molecule has 0 saturated carbocycles. The van der Waals surface area contributed by atoms with Gasteiger partial charge < -0.3 is 10.2 Å². The van der Waals surface area contributed by atoms with Crippen LogP contribution in [0.1, 0.15) is 11.1 Å². The summed E-state index contributed by atoms with van der Waals surface area (Å²) in [4.78, 5) is 2.32. The van der Waals surface area contributed by atoms with Crippen molar-refractivity contribution in [1.82, 2.24) is 0 Å². The van der Waals surface area contributed by atoms with Gasteiger partial charge in [0.25, 0.3) is 0 Å². The fourth-order valence-corrected chi connectivity index (χ4v) is 2.91. The molecule has 1 N–H and O–H groups in total. The second kappa shape index (κ2) is 4.41. The Morgan fingerprint density at radius 1 is 1.35 bits per heavy atom. The second-order valence-electron chi connectivity index (χ2n) is 4.50. The molecule has 3 rings (SSSR count). The molecule has 0 unspecified atom stereocenters. The van der Waals surface area contributed by atoms with Gasteiger partial charge in [0.05, 0.1) is 0 Å². The van der Waals surface area contributed by atoms with Gasteiger partial charge in [-0.2, -0.15) is 11.3 Å². The van der Waals surface area contributed by atoms with Crippen molar-refractivity contribution in [2.24, 2.45) is 0 Å². The van der Waals surface area contributed by atoms with Crippen molar-refractivity contribution in [3.8, 4) is 0 Å². The predicted molar refractivity (Wildman–Crippen MR) is 75.1 cm³/mol. The fraction of sp³-hybridized carbons (Fsp3) is 0.286. The molecule has 0 fully saturated rings. The van der Waals surface area contributed by atoms with Gasteiger partial charge in [0, 0.05) is 36.9 Å². The molecule has 0 spiro atoms. The molecule has 3 heteroatoms. The number of anilines is 2. The molecule has 1 aliphatic rings. The van der Waals surface area contributed by atoms with Gasteiger partial charge in [-0.3, -0.25) is 0 Å². The van der Waals surface area contributed by atoms with Gasteiger partial charge in [0.1, 0.15) is 0 Å². The summed E-state index contributed by atoms with van der Waals surface area (Å²) in [5.41, 5.74) is 5.46. The highest BCUT2D eigenvalue weighted by atomic mass is 32.1. The molecule has 0 amide bonds. The van der Waals surface area contributed by atoms with Gasteiger partial charge in [-0.25, -0.2) is 0 Å². The lowest BCUT2D eigenvalue weighted by atomic mass is 10.1. The van der Waals surface area contributed by atoms with E-state index in [-0.39, 0.29) is 0 Å². The number of nitrogens with one attached hydrogen (secondary N) is 1. The minimum Gasteiger partial charge on any atom is -0.380 e. The van der Waals surface area contributed by atoms with Crippen LogP contribution < -0.4 is 10.2 Å². The Bertz CT molecular complexity index is 505. The van der Waals surface area contributed by atoms with Crippen LogP contribution in [0.25, 0.3) is 0 Å². The van der Waals surface area contributed by atoms with Gasteiger partial charge >= 0.3 is 0 Å². The zero-order chi connectivity index (χ0) is 11.7. The minimum atomic E-state index is 0.910. The van der Waals surface area contributed by atoms with Crippen molar-refractivity contribution in [3.63, 3.8) is 0 Å². The number of fused-ring (bicyclic) bond motifs is 1. The smallest absolute Gasteiger partial charge is 0.0451 e. The van der Waals surface area contributed by atoms with E-state index in [1.807, 2.05) is 0 Å². The van der Waals surface area contributed by atoms with Crippen molar-refractivity contribution in [3.05, 3.63) is 46.2 Å². The molecule has 1 aromatic carbocycles. The lowest BCUT2D eigenvalue weighted by molar-refractivity contribution is 0.955. The van der Waals surface area contributed by atoms with E-state index in [2.05, 4.69) is 52.3 Å². The van der Waals surface area contributed by atoms with Crippen LogP contribution in [-0.2, 0) is 13.0 Å². The topological polar surface area (TPSA) is 15.3 Å². The molecule has 2 aromatic rings. The van der Waals surface area contributed by atoms with Crippen molar-refractivity contribution >= 4 is 22.7 Å². The zero-order valence-electron chi connectivity index (χ0n) is 9.94. The summed E-state index contributed by atoms with van der Waals surface area (Å²) >= 11 is 1.73. The van der Waals surface area contributed by atoms with Crippen LogP contribution in [0.2, 0.25) is 0 Å². The number of hydrogen-bond donors (Lipinski definition) is 1. The molecular formula is C14H16N2S. The molecule has 1 aromatic heterocycles. The lowest BCUT2D eigenvalue weighted by Gasteiger charge is -2.12. The minimum absolute atomic E-state index is 0.910. The molecule has 0 saturated heterocycles. The van der Waals surface area contributed by atoms with Gasteiger partial charge in [0.2, 0.25) is 0 Å². The van der Waals surface area contributed by atoms with Crippen LogP contribution in [0.5, 0.6) is 0 Å². The maximum atomic E-state index is 3.44. The van der Waals surface area contributed by atoms with Gasteiger partial charge in [-0.15, -0.1) is 0 Å². The Labute approximate surface area is 106 Å². The van der Waals surface area contributed by atoms with Crippen molar-refractivity contribution in [1.29, 1.82) is 0 Å². The van der Waals surface area contributed by atoms with Gasteiger partial charge in [-0.1, -0.05) is 12.1 Å². The largest absolute Gasteiger partial charge is 0.380 e. The number of hydrogen-bond acceptors (Lipinski definition) is 3. The van der Waals surface area contributed by atoms with Crippen LogP contribution >= 0.6 is 11.3 Å². The second-order valence-corrected chi connectivity index (χ2v) is 5.28. The van der Waals surface area contributed by atoms with E-state index in [1.165, 1.54) is 28.9 Å². The molecular weight excluding hydrogens is 228 g/mol. The molecule has 88 valence electrons. The van der Waals surface area contributed by atoms with E-state index >= 15 is 0 Å².